The van der Waals surface area contributed by atoms with Gasteiger partial charge in [-0.2, -0.15) is 0 Å². The highest BCUT2D eigenvalue weighted by atomic mass is 16.6. The Kier molecular flexibility index (Phi) is 3.29. The zero-order valence-corrected chi connectivity index (χ0v) is 6.95. The zero-order valence-electron chi connectivity index (χ0n) is 6.95. The van der Waals surface area contributed by atoms with E-state index in [1.54, 1.807) is 6.21 Å². The maximum Gasteiger partial charge on any atom is 0.106 e. The Balaban J connectivity index is 2.89. The Morgan fingerprint density at radius 3 is 3.25 bits per heavy atom. The SMILES string of the molecule is CON=Cc1[c]cccc1CN. The minimum atomic E-state index is 0.488. The first-order chi connectivity index (χ1) is 5.88. The third-order valence-electron chi connectivity index (χ3n) is 1.49. The molecule has 0 saturated heterocycles. The standard InChI is InChI=1S/C9H11N2O/c1-12-11-7-9-5-3-2-4-8(9)6-10/h2-4,7H,6,10H2,1H3. The minimum absolute atomic E-state index is 0.488. The van der Waals surface area contributed by atoms with Gasteiger partial charge in [-0.25, -0.2) is 0 Å². The van der Waals surface area contributed by atoms with Crippen LogP contribution in [0.25, 0.3) is 0 Å². The average molecular weight is 163 g/mol. The Morgan fingerprint density at radius 2 is 2.58 bits per heavy atom. The van der Waals surface area contributed by atoms with Crippen LogP contribution in [0.3, 0.4) is 0 Å². The summed E-state index contributed by atoms with van der Waals surface area (Å²) in [5, 5.41) is 3.64. The van der Waals surface area contributed by atoms with Crippen LogP contribution >= 0.6 is 0 Å². The lowest BCUT2D eigenvalue weighted by Gasteiger charge is -1.99. The predicted molar refractivity (Wildman–Crippen MR) is 47.8 cm³/mol. The molecule has 0 aliphatic rings. The van der Waals surface area contributed by atoms with Crippen LogP contribution < -0.4 is 5.73 Å². The summed E-state index contributed by atoms with van der Waals surface area (Å²) in [5.74, 6) is 0. The molecule has 0 amide bonds. The average Bonchev–Trinajstić information content (AvgIpc) is 2.15. The Bertz CT molecular complexity index is 271. The molecule has 3 nitrogen and oxygen atoms in total. The van der Waals surface area contributed by atoms with Crippen molar-refractivity contribution in [3.63, 3.8) is 0 Å². The lowest BCUT2D eigenvalue weighted by atomic mass is 10.1. The van der Waals surface area contributed by atoms with Crippen LogP contribution in [-0.2, 0) is 11.4 Å². The number of oxime groups is 1. The van der Waals surface area contributed by atoms with Gasteiger partial charge < -0.3 is 10.6 Å². The second-order valence-corrected chi connectivity index (χ2v) is 2.23. The largest absolute Gasteiger partial charge is 0.399 e. The quantitative estimate of drug-likeness (QED) is 0.532. The van der Waals surface area contributed by atoms with Gasteiger partial charge in [0.1, 0.15) is 7.11 Å². The van der Waals surface area contributed by atoms with E-state index in [0.29, 0.717) is 6.54 Å². The summed E-state index contributed by atoms with van der Waals surface area (Å²) in [7, 11) is 1.50. The molecule has 1 aromatic rings. The molecule has 0 aliphatic carbocycles. The molecular weight excluding hydrogens is 152 g/mol. The van der Waals surface area contributed by atoms with Crippen molar-refractivity contribution in [2.24, 2.45) is 10.9 Å². The molecule has 0 heterocycles. The summed E-state index contributed by atoms with van der Waals surface area (Å²) in [6, 6.07) is 8.66. The number of nitrogens with zero attached hydrogens (tertiary/aromatic N) is 1. The van der Waals surface area contributed by atoms with Gasteiger partial charge >= 0.3 is 0 Å². The number of hydrogen-bond acceptors (Lipinski definition) is 3. The molecule has 1 aromatic carbocycles. The lowest BCUT2D eigenvalue weighted by molar-refractivity contribution is 0.215. The molecule has 12 heavy (non-hydrogen) atoms. The van der Waals surface area contributed by atoms with Crippen molar-refractivity contribution in [2.75, 3.05) is 7.11 Å². The maximum atomic E-state index is 5.50. The molecule has 3 heteroatoms. The second kappa shape index (κ2) is 4.51. The van der Waals surface area contributed by atoms with Gasteiger partial charge in [-0.15, -0.1) is 0 Å². The van der Waals surface area contributed by atoms with Gasteiger partial charge in [0.25, 0.3) is 0 Å². The van der Waals surface area contributed by atoms with Crippen LogP contribution in [0.5, 0.6) is 0 Å². The summed E-state index contributed by atoms with van der Waals surface area (Å²) >= 11 is 0. The van der Waals surface area contributed by atoms with Crippen LogP contribution in [0.2, 0.25) is 0 Å². The fraction of sp³-hybridized carbons (Fsp3) is 0.222. The summed E-state index contributed by atoms with van der Waals surface area (Å²) in [4.78, 5) is 4.55. The molecule has 1 radical (unpaired) electrons. The lowest BCUT2D eigenvalue weighted by Crippen LogP contribution is -2.00. The van der Waals surface area contributed by atoms with E-state index in [4.69, 9.17) is 5.73 Å². The molecule has 0 saturated carbocycles. The van der Waals surface area contributed by atoms with Gasteiger partial charge in [-0.1, -0.05) is 23.4 Å². The van der Waals surface area contributed by atoms with Gasteiger partial charge in [0.2, 0.25) is 0 Å². The first-order valence-electron chi connectivity index (χ1n) is 3.64. The normalized spacial score (nSPS) is 10.5. The van der Waals surface area contributed by atoms with E-state index >= 15 is 0 Å². The van der Waals surface area contributed by atoms with E-state index in [0.717, 1.165) is 11.1 Å². The van der Waals surface area contributed by atoms with Crippen LogP contribution in [0.1, 0.15) is 11.1 Å². The second-order valence-electron chi connectivity index (χ2n) is 2.23. The highest BCUT2D eigenvalue weighted by Gasteiger charge is 1.95. The van der Waals surface area contributed by atoms with Crippen LogP contribution in [-0.4, -0.2) is 13.3 Å². The fourth-order valence-corrected chi connectivity index (χ4v) is 0.888. The van der Waals surface area contributed by atoms with Crippen molar-refractivity contribution < 1.29 is 4.84 Å². The van der Waals surface area contributed by atoms with Crippen molar-refractivity contribution in [3.8, 4) is 0 Å². The van der Waals surface area contributed by atoms with Crippen molar-refractivity contribution in [3.05, 3.63) is 35.4 Å². The van der Waals surface area contributed by atoms with Gasteiger partial charge in [0, 0.05) is 12.1 Å². The minimum Gasteiger partial charge on any atom is -0.399 e. The first kappa shape index (κ1) is 8.74. The molecule has 0 atom stereocenters. The molecule has 0 aliphatic heterocycles. The highest BCUT2D eigenvalue weighted by Crippen LogP contribution is 2.03. The highest BCUT2D eigenvalue weighted by molar-refractivity contribution is 5.80. The third kappa shape index (κ3) is 2.07. The number of nitrogens with two attached hydrogens (primary N) is 1. The summed E-state index contributed by atoms with van der Waals surface area (Å²) in [5.41, 5.74) is 7.39. The molecule has 0 unspecified atom stereocenters. The fourth-order valence-electron chi connectivity index (χ4n) is 0.888. The van der Waals surface area contributed by atoms with Gasteiger partial charge in [0.05, 0.1) is 6.21 Å². The number of hydrogen-bond donors (Lipinski definition) is 1. The molecule has 0 spiro atoms. The Morgan fingerprint density at radius 1 is 1.75 bits per heavy atom. The number of rotatable bonds is 3. The Hall–Kier alpha value is -1.35. The van der Waals surface area contributed by atoms with E-state index in [2.05, 4.69) is 16.1 Å². The smallest absolute Gasteiger partial charge is 0.106 e. The summed E-state index contributed by atoms with van der Waals surface area (Å²) < 4.78 is 0. The van der Waals surface area contributed by atoms with Gasteiger partial charge in [-0.3, -0.25) is 0 Å². The van der Waals surface area contributed by atoms with E-state index in [-0.39, 0.29) is 0 Å². The van der Waals surface area contributed by atoms with Crippen LogP contribution in [0, 0.1) is 6.07 Å². The molecule has 1 rings (SSSR count). The third-order valence-corrected chi connectivity index (χ3v) is 1.49. The molecule has 63 valence electrons. The topological polar surface area (TPSA) is 47.6 Å². The predicted octanol–water partition coefficient (Wildman–Crippen LogP) is 0.926. The molecule has 0 aromatic heterocycles. The summed E-state index contributed by atoms with van der Waals surface area (Å²) in [6.45, 7) is 0.488. The molecule has 2 N–H and O–H groups in total. The monoisotopic (exact) mass is 163 g/mol. The number of benzene rings is 1. The van der Waals surface area contributed by atoms with E-state index in [9.17, 15) is 0 Å². The van der Waals surface area contributed by atoms with Crippen LogP contribution in [0.4, 0.5) is 0 Å². The van der Waals surface area contributed by atoms with Crippen molar-refractivity contribution in [2.45, 2.75) is 6.54 Å². The van der Waals surface area contributed by atoms with Gasteiger partial charge in [0.15, 0.2) is 0 Å². The van der Waals surface area contributed by atoms with E-state index in [1.807, 2.05) is 18.2 Å². The molecular formula is C9H11N2O. The maximum absolute atomic E-state index is 5.50. The van der Waals surface area contributed by atoms with E-state index < -0.39 is 0 Å². The van der Waals surface area contributed by atoms with Crippen molar-refractivity contribution in [1.82, 2.24) is 0 Å². The first-order valence-corrected chi connectivity index (χ1v) is 3.64. The van der Waals surface area contributed by atoms with Crippen molar-refractivity contribution in [1.29, 1.82) is 0 Å². The molecule has 0 bridgehead atoms. The Labute approximate surface area is 71.8 Å². The van der Waals surface area contributed by atoms with Crippen molar-refractivity contribution >= 4 is 6.21 Å². The zero-order chi connectivity index (χ0) is 8.81. The summed E-state index contributed by atoms with van der Waals surface area (Å²) in [6.07, 6.45) is 1.60. The van der Waals surface area contributed by atoms with Gasteiger partial charge in [-0.05, 0) is 11.6 Å². The van der Waals surface area contributed by atoms with E-state index in [1.165, 1.54) is 7.11 Å². The molecule has 0 fully saturated rings. The van der Waals surface area contributed by atoms with Crippen LogP contribution in [0.15, 0.2) is 23.4 Å².